The number of ketones is 1. The summed E-state index contributed by atoms with van der Waals surface area (Å²) < 4.78 is 2.04. The normalized spacial score (nSPS) is 15.5. The van der Waals surface area contributed by atoms with Gasteiger partial charge in [0, 0.05) is 24.0 Å². The first kappa shape index (κ1) is 17.3. The molecule has 1 atom stereocenters. The monoisotopic (exact) mass is 358 g/mol. The molecule has 136 valence electrons. The Labute approximate surface area is 158 Å². The van der Waals surface area contributed by atoms with Gasteiger partial charge >= 0.3 is 0 Å². The molecule has 0 N–H and O–H groups in total. The van der Waals surface area contributed by atoms with Crippen LogP contribution in [0.15, 0.2) is 59.6 Å². The fraction of sp³-hybridized carbons (Fsp3) is 0.273. The van der Waals surface area contributed by atoms with Gasteiger partial charge in [-0.25, -0.2) is 0 Å². The lowest BCUT2D eigenvalue weighted by Gasteiger charge is -2.12. The lowest BCUT2D eigenvalue weighted by atomic mass is 10.00. The average Bonchev–Trinajstić information content (AvgIpc) is 3.01. The van der Waals surface area contributed by atoms with Crippen molar-refractivity contribution < 1.29 is 4.79 Å². The van der Waals surface area contributed by atoms with Gasteiger partial charge in [-0.15, -0.1) is 10.2 Å². The Bertz CT molecular complexity index is 1000. The summed E-state index contributed by atoms with van der Waals surface area (Å²) in [5, 5.41) is 8.66. The fourth-order valence-electron chi connectivity index (χ4n) is 3.60. The zero-order valence-electron chi connectivity index (χ0n) is 15.6. The highest BCUT2D eigenvalue weighted by molar-refractivity contribution is 6.15. The number of benzene rings is 2. The molecule has 27 heavy (non-hydrogen) atoms. The number of para-hydroxylation sites is 1. The minimum atomic E-state index is -0.340. The van der Waals surface area contributed by atoms with Crippen LogP contribution in [-0.4, -0.2) is 26.3 Å². The van der Waals surface area contributed by atoms with E-state index in [0.29, 0.717) is 12.8 Å². The molecule has 1 aromatic heterocycles. The molecule has 2 heterocycles. The SMILES string of the molecule is CCCC(=O)CC1N=C(c2ccccc2)c2ccccc2-n2c(C)nnc21. The maximum absolute atomic E-state index is 12.4. The Morgan fingerprint density at radius 3 is 2.56 bits per heavy atom. The van der Waals surface area contributed by atoms with Crippen molar-refractivity contribution in [1.82, 2.24) is 14.8 Å². The van der Waals surface area contributed by atoms with Gasteiger partial charge in [-0.3, -0.25) is 14.4 Å². The molecule has 0 spiro atoms. The van der Waals surface area contributed by atoms with Gasteiger partial charge in [0.15, 0.2) is 5.82 Å². The molecule has 4 rings (SSSR count). The van der Waals surface area contributed by atoms with Gasteiger partial charge in [0.2, 0.25) is 0 Å². The van der Waals surface area contributed by atoms with E-state index in [2.05, 4.69) is 34.5 Å². The van der Waals surface area contributed by atoms with Gasteiger partial charge in [0.05, 0.1) is 11.4 Å². The summed E-state index contributed by atoms with van der Waals surface area (Å²) >= 11 is 0. The van der Waals surface area contributed by atoms with E-state index < -0.39 is 0 Å². The van der Waals surface area contributed by atoms with E-state index in [1.165, 1.54) is 0 Å². The van der Waals surface area contributed by atoms with Crippen molar-refractivity contribution in [2.24, 2.45) is 4.99 Å². The first-order valence-electron chi connectivity index (χ1n) is 9.35. The maximum atomic E-state index is 12.4. The molecule has 0 saturated heterocycles. The Kier molecular flexibility index (Phi) is 4.67. The number of fused-ring (bicyclic) bond motifs is 3. The molecule has 2 aromatic carbocycles. The summed E-state index contributed by atoms with van der Waals surface area (Å²) in [4.78, 5) is 17.5. The molecule has 0 radical (unpaired) electrons. The molecule has 0 amide bonds. The molecular weight excluding hydrogens is 336 g/mol. The largest absolute Gasteiger partial charge is 0.300 e. The molecule has 0 fully saturated rings. The van der Waals surface area contributed by atoms with E-state index in [4.69, 9.17) is 4.99 Å². The van der Waals surface area contributed by atoms with Crippen LogP contribution in [0.3, 0.4) is 0 Å². The molecule has 0 saturated carbocycles. The molecule has 3 aromatic rings. The Morgan fingerprint density at radius 1 is 1.04 bits per heavy atom. The first-order chi connectivity index (χ1) is 13.2. The predicted octanol–water partition coefficient (Wildman–Crippen LogP) is 4.23. The molecular formula is C22H22N4O. The van der Waals surface area contributed by atoms with Gasteiger partial charge in [0.25, 0.3) is 0 Å². The van der Waals surface area contributed by atoms with Crippen molar-refractivity contribution in [3.8, 4) is 5.69 Å². The smallest absolute Gasteiger partial charge is 0.162 e. The Morgan fingerprint density at radius 2 is 1.78 bits per heavy atom. The minimum absolute atomic E-state index is 0.205. The van der Waals surface area contributed by atoms with Crippen LogP contribution in [0, 0.1) is 6.92 Å². The number of nitrogens with zero attached hydrogens (tertiary/aromatic N) is 4. The third-order valence-corrected chi connectivity index (χ3v) is 4.83. The molecule has 1 aliphatic rings. The Hall–Kier alpha value is -3.08. The quantitative estimate of drug-likeness (QED) is 0.686. The Balaban J connectivity index is 1.93. The van der Waals surface area contributed by atoms with Crippen molar-refractivity contribution in [1.29, 1.82) is 0 Å². The van der Waals surface area contributed by atoms with Crippen LogP contribution < -0.4 is 0 Å². The molecule has 0 aliphatic carbocycles. The summed E-state index contributed by atoms with van der Waals surface area (Å²) in [6.45, 7) is 3.96. The minimum Gasteiger partial charge on any atom is -0.300 e. The summed E-state index contributed by atoms with van der Waals surface area (Å²) in [7, 11) is 0. The number of aliphatic imine (C=N–C) groups is 1. The fourth-order valence-corrected chi connectivity index (χ4v) is 3.60. The van der Waals surface area contributed by atoms with Crippen LogP contribution in [0.25, 0.3) is 5.69 Å². The molecule has 0 bridgehead atoms. The van der Waals surface area contributed by atoms with E-state index in [9.17, 15) is 4.79 Å². The highest BCUT2D eigenvalue weighted by Gasteiger charge is 2.29. The number of hydrogen-bond acceptors (Lipinski definition) is 4. The van der Waals surface area contributed by atoms with Crippen LogP contribution in [0.1, 0.15) is 55.0 Å². The van der Waals surface area contributed by atoms with Crippen LogP contribution >= 0.6 is 0 Å². The van der Waals surface area contributed by atoms with E-state index in [1.807, 2.05) is 48.7 Å². The van der Waals surface area contributed by atoms with Gasteiger partial charge in [-0.2, -0.15) is 0 Å². The summed E-state index contributed by atoms with van der Waals surface area (Å²) in [5.41, 5.74) is 3.96. The van der Waals surface area contributed by atoms with E-state index >= 15 is 0 Å². The lowest BCUT2D eigenvalue weighted by molar-refractivity contribution is -0.119. The topological polar surface area (TPSA) is 60.1 Å². The van der Waals surface area contributed by atoms with E-state index in [1.54, 1.807) is 0 Å². The van der Waals surface area contributed by atoms with Gasteiger partial charge in [0.1, 0.15) is 17.6 Å². The number of carbonyl (C=O) groups excluding carboxylic acids is 1. The van der Waals surface area contributed by atoms with Crippen LogP contribution in [0.4, 0.5) is 0 Å². The zero-order valence-corrected chi connectivity index (χ0v) is 15.6. The zero-order chi connectivity index (χ0) is 18.8. The number of aromatic nitrogens is 3. The number of Topliss-reactive ketones (excluding diaryl/α,β-unsaturated/α-hetero) is 1. The molecule has 1 aliphatic heterocycles. The van der Waals surface area contributed by atoms with E-state index in [-0.39, 0.29) is 11.8 Å². The number of hydrogen-bond donors (Lipinski definition) is 0. The summed E-state index contributed by atoms with van der Waals surface area (Å²) in [6.07, 6.45) is 1.75. The van der Waals surface area contributed by atoms with Crippen molar-refractivity contribution in [3.05, 3.63) is 77.4 Å². The highest BCUT2D eigenvalue weighted by Crippen LogP contribution is 2.32. The molecule has 5 nitrogen and oxygen atoms in total. The van der Waals surface area contributed by atoms with Crippen molar-refractivity contribution >= 4 is 11.5 Å². The highest BCUT2D eigenvalue weighted by atomic mass is 16.1. The number of rotatable bonds is 5. The molecule has 1 unspecified atom stereocenters. The first-order valence-corrected chi connectivity index (χ1v) is 9.35. The number of aryl methyl sites for hydroxylation is 1. The van der Waals surface area contributed by atoms with Gasteiger partial charge in [-0.05, 0) is 19.4 Å². The van der Waals surface area contributed by atoms with Crippen molar-refractivity contribution in [3.63, 3.8) is 0 Å². The summed E-state index contributed by atoms with van der Waals surface area (Å²) in [6, 6.07) is 17.9. The van der Waals surface area contributed by atoms with Crippen molar-refractivity contribution in [2.45, 2.75) is 39.2 Å². The summed E-state index contributed by atoms with van der Waals surface area (Å²) in [5.74, 6) is 1.74. The average molecular weight is 358 g/mol. The van der Waals surface area contributed by atoms with Crippen LogP contribution in [0.5, 0.6) is 0 Å². The molecule has 5 heteroatoms. The van der Waals surface area contributed by atoms with Crippen molar-refractivity contribution in [2.75, 3.05) is 0 Å². The maximum Gasteiger partial charge on any atom is 0.162 e. The standard InChI is InChI=1S/C22H22N4O/c1-3-9-17(27)14-19-22-25-24-15(2)26(22)20-13-8-7-12-18(20)21(23-19)16-10-5-4-6-11-16/h4-8,10-13,19H,3,9,14H2,1-2H3. The second-order valence-corrected chi connectivity index (χ2v) is 6.81. The van der Waals surface area contributed by atoms with Crippen LogP contribution in [0.2, 0.25) is 0 Å². The third-order valence-electron chi connectivity index (χ3n) is 4.83. The van der Waals surface area contributed by atoms with Gasteiger partial charge < -0.3 is 0 Å². The second-order valence-electron chi connectivity index (χ2n) is 6.81. The van der Waals surface area contributed by atoms with Crippen LogP contribution in [-0.2, 0) is 4.79 Å². The third kappa shape index (κ3) is 3.21. The second kappa shape index (κ2) is 7.27. The predicted molar refractivity (Wildman–Crippen MR) is 105 cm³/mol. The van der Waals surface area contributed by atoms with E-state index in [0.717, 1.165) is 40.6 Å². The van der Waals surface area contributed by atoms with Gasteiger partial charge in [-0.1, -0.05) is 55.5 Å². The number of carbonyl (C=O) groups is 1. The lowest BCUT2D eigenvalue weighted by Crippen LogP contribution is -2.11.